The van der Waals surface area contributed by atoms with Crippen LogP contribution in [0.3, 0.4) is 0 Å². The van der Waals surface area contributed by atoms with E-state index in [9.17, 15) is 22.6 Å². The van der Waals surface area contributed by atoms with Crippen LogP contribution in [0.15, 0.2) is 35.8 Å². The van der Waals surface area contributed by atoms with Gasteiger partial charge >= 0.3 is 22.1 Å². The molecule has 0 aliphatic rings. The molecular formula is C13H18O7S. The van der Waals surface area contributed by atoms with Gasteiger partial charge in [0.2, 0.25) is 0 Å². The Morgan fingerprint density at radius 2 is 1.57 bits per heavy atom. The Hall–Kier alpha value is -1.93. The lowest BCUT2D eigenvalue weighted by atomic mass is 10.1. The summed E-state index contributed by atoms with van der Waals surface area (Å²) in [6.45, 7) is 7.89. The summed E-state index contributed by atoms with van der Waals surface area (Å²) >= 11 is 0. The maximum absolute atomic E-state index is 11.8. The Morgan fingerprint density at radius 3 is 1.95 bits per heavy atom. The number of carbonyl (C=O) groups is 2. The van der Waals surface area contributed by atoms with Gasteiger partial charge in [-0.15, -0.1) is 0 Å². The van der Waals surface area contributed by atoms with Crippen molar-refractivity contribution in [2.75, 3.05) is 13.2 Å². The maximum Gasteiger partial charge on any atom is 0.353 e. The predicted octanol–water partition coefficient (Wildman–Crippen LogP) is 1.39. The summed E-state index contributed by atoms with van der Waals surface area (Å²) in [5.74, 6) is -2.36. The molecule has 0 atom stereocenters. The zero-order chi connectivity index (χ0) is 16.5. The van der Waals surface area contributed by atoms with Gasteiger partial charge in [0, 0.05) is 0 Å². The Kier molecular flexibility index (Phi) is 8.25. The molecule has 8 heteroatoms. The quantitative estimate of drug-likeness (QED) is 0.296. The van der Waals surface area contributed by atoms with E-state index in [2.05, 4.69) is 17.9 Å². The highest BCUT2D eigenvalue weighted by Crippen LogP contribution is 2.19. The first-order valence-electron chi connectivity index (χ1n) is 6.06. The van der Waals surface area contributed by atoms with E-state index >= 15 is 0 Å². The Bertz CT molecular complexity index is 543. The maximum atomic E-state index is 11.8. The molecule has 0 saturated heterocycles. The molecule has 0 saturated carbocycles. The second-order valence-electron chi connectivity index (χ2n) is 3.81. The second kappa shape index (κ2) is 9.09. The van der Waals surface area contributed by atoms with Gasteiger partial charge in [-0.1, -0.05) is 38.7 Å². The highest BCUT2D eigenvalue weighted by Gasteiger charge is 2.32. The highest BCUT2D eigenvalue weighted by molar-refractivity contribution is 7.90. The summed E-state index contributed by atoms with van der Waals surface area (Å²) in [6.07, 6.45) is 2.78. The molecule has 0 aliphatic carbocycles. The van der Waals surface area contributed by atoms with Gasteiger partial charge in [-0.25, -0.2) is 9.59 Å². The topological polar surface area (TPSA) is 107 Å². The molecule has 0 spiro atoms. The molecule has 21 heavy (non-hydrogen) atoms. The Morgan fingerprint density at radius 1 is 1.10 bits per heavy atom. The number of rotatable bonds is 9. The lowest BCUT2D eigenvalue weighted by molar-refractivity contribution is -0.140. The van der Waals surface area contributed by atoms with Gasteiger partial charge in [0.15, 0.2) is 4.91 Å². The van der Waals surface area contributed by atoms with Crippen LogP contribution in [0.25, 0.3) is 0 Å². The van der Waals surface area contributed by atoms with E-state index < -0.39 is 32.5 Å². The van der Waals surface area contributed by atoms with Crippen LogP contribution >= 0.6 is 0 Å². The van der Waals surface area contributed by atoms with Gasteiger partial charge in [0.05, 0.1) is 5.57 Å². The van der Waals surface area contributed by atoms with E-state index in [-0.39, 0.29) is 19.6 Å². The molecule has 0 unspecified atom stereocenters. The number of ether oxygens (including phenoxy) is 2. The zero-order valence-corrected chi connectivity index (χ0v) is 12.5. The molecule has 0 amide bonds. The zero-order valence-electron chi connectivity index (χ0n) is 11.7. The molecule has 0 radical (unpaired) electrons. The summed E-state index contributed by atoms with van der Waals surface area (Å²) < 4.78 is 41.2. The molecule has 0 fully saturated rings. The van der Waals surface area contributed by atoms with E-state index in [0.29, 0.717) is 6.42 Å². The summed E-state index contributed by atoms with van der Waals surface area (Å²) in [7, 11) is -4.94. The van der Waals surface area contributed by atoms with Gasteiger partial charge in [0.1, 0.15) is 13.2 Å². The van der Waals surface area contributed by atoms with Crippen molar-refractivity contribution in [3.05, 3.63) is 35.8 Å². The molecule has 7 nitrogen and oxygen atoms in total. The van der Waals surface area contributed by atoms with Gasteiger partial charge in [-0.2, -0.15) is 8.42 Å². The van der Waals surface area contributed by atoms with Crippen LogP contribution in [-0.4, -0.2) is 38.1 Å². The van der Waals surface area contributed by atoms with Gasteiger partial charge < -0.3 is 9.47 Å². The van der Waals surface area contributed by atoms with Crippen molar-refractivity contribution in [1.82, 2.24) is 0 Å². The molecule has 0 aliphatic heterocycles. The fraction of sp³-hybridized carbons (Fsp3) is 0.385. The van der Waals surface area contributed by atoms with E-state index in [0.717, 1.165) is 0 Å². The summed E-state index contributed by atoms with van der Waals surface area (Å²) in [6, 6.07) is 0. The molecule has 0 aromatic carbocycles. The molecule has 0 bridgehead atoms. The smallest absolute Gasteiger partial charge is 0.353 e. The lowest BCUT2D eigenvalue weighted by Gasteiger charge is -2.11. The minimum Gasteiger partial charge on any atom is -0.458 e. The van der Waals surface area contributed by atoms with E-state index in [4.69, 9.17) is 4.74 Å². The van der Waals surface area contributed by atoms with E-state index in [1.807, 2.05) is 0 Å². The predicted molar refractivity (Wildman–Crippen MR) is 75.8 cm³/mol. The number of hydrogen-bond acceptors (Lipinski definition) is 6. The van der Waals surface area contributed by atoms with E-state index in [1.54, 1.807) is 6.92 Å². The van der Waals surface area contributed by atoms with Gasteiger partial charge in [0.25, 0.3) is 0 Å². The first-order valence-corrected chi connectivity index (χ1v) is 7.50. The van der Waals surface area contributed by atoms with Crippen LogP contribution in [0.2, 0.25) is 0 Å². The van der Waals surface area contributed by atoms with Crippen LogP contribution in [0.5, 0.6) is 0 Å². The monoisotopic (exact) mass is 318 g/mol. The molecular weight excluding hydrogens is 300 g/mol. The van der Waals surface area contributed by atoms with Crippen molar-refractivity contribution in [2.24, 2.45) is 0 Å². The largest absolute Gasteiger partial charge is 0.458 e. The molecule has 0 rings (SSSR count). The normalized spacial score (nSPS) is 12.1. The molecule has 0 aromatic rings. The van der Waals surface area contributed by atoms with Crippen LogP contribution in [-0.2, 0) is 29.2 Å². The lowest BCUT2D eigenvalue weighted by Crippen LogP contribution is -2.22. The fourth-order valence-electron chi connectivity index (χ4n) is 1.36. The number of hydrogen-bond donors (Lipinski definition) is 1. The minimum absolute atomic E-state index is 0.0751. The molecule has 118 valence electrons. The van der Waals surface area contributed by atoms with Crippen molar-refractivity contribution in [1.29, 1.82) is 0 Å². The molecule has 1 N–H and O–H groups in total. The first-order chi connectivity index (χ1) is 9.79. The standard InChI is InChI=1S/C13H18O7S/c1-4-7-10(12(14)19-8-5-2)11(21(16,17)18)13(15)20-9-6-3/h5-6H,2-4,7-9H2,1H3,(H,16,17,18)/b11-10+. The second-order valence-corrected chi connectivity index (χ2v) is 5.17. The molecule has 0 aromatic heterocycles. The average Bonchev–Trinajstić information content (AvgIpc) is 2.40. The summed E-state index contributed by atoms with van der Waals surface area (Å²) in [4.78, 5) is 22.5. The minimum atomic E-state index is -4.94. The highest BCUT2D eigenvalue weighted by atomic mass is 32.2. The van der Waals surface area contributed by atoms with Crippen LogP contribution < -0.4 is 0 Å². The van der Waals surface area contributed by atoms with Crippen LogP contribution in [0.4, 0.5) is 0 Å². The third-order valence-electron chi connectivity index (χ3n) is 2.13. The Labute approximate surface area is 123 Å². The Balaban J connectivity index is 5.81. The first kappa shape index (κ1) is 19.1. The van der Waals surface area contributed by atoms with Crippen molar-refractivity contribution in [3.63, 3.8) is 0 Å². The number of esters is 2. The average molecular weight is 318 g/mol. The fourth-order valence-corrected chi connectivity index (χ4v) is 2.13. The van der Waals surface area contributed by atoms with Crippen molar-refractivity contribution in [3.8, 4) is 0 Å². The van der Waals surface area contributed by atoms with Crippen LogP contribution in [0.1, 0.15) is 19.8 Å². The third-order valence-corrected chi connectivity index (χ3v) is 3.06. The third kappa shape index (κ3) is 6.37. The van der Waals surface area contributed by atoms with E-state index in [1.165, 1.54) is 12.2 Å². The van der Waals surface area contributed by atoms with Crippen molar-refractivity contribution >= 4 is 22.1 Å². The van der Waals surface area contributed by atoms with Crippen molar-refractivity contribution < 1.29 is 32.0 Å². The van der Waals surface area contributed by atoms with Crippen LogP contribution in [0, 0.1) is 0 Å². The summed E-state index contributed by atoms with van der Waals surface area (Å²) in [5.41, 5.74) is -0.462. The summed E-state index contributed by atoms with van der Waals surface area (Å²) in [5, 5.41) is 0. The van der Waals surface area contributed by atoms with Crippen molar-refractivity contribution in [2.45, 2.75) is 19.8 Å². The SMILES string of the molecule is C=CCOC(=O)/C(CCC)=C(\C(=O)OCC=C)S(=O)(=O)O. The number of carbonyl (C=O) groups excluding carboxylic acids is 2. The van der Waals surface area contributed by atoms with Gasteiger partial charge in [-0.05, 0) is 6.42 Å². The van der Waals surface area contributed by atoms with Gasteiger partial charge in [-0.3, -0.25) is 4.55 Å². The molecule has 0 heterocycles.